The Kier molecular flexibility index (Phi) is 5.18. The second-order valence-corrected chi connectivity index (χ2v) is 8.93. The zero-order valence-corrected chi connectivity index (χ0v) is 16.8. The highest BCUT2D eigenvalue weighted by Gasteiger charge is 2.19. The maximum absolute atomic E-state index is 12.6. The molecule has 21 heavy (non-hydrogen) atoms. The second-order valence-electron chi connectivity index (χ2n) is 4.59. The molecule has 0 aliphatic heterocycles. The molecule has 0 unspecified atom stereocenters. The highest BCUT2D eigenvalue weighted by atomic mass is 79.9. The molecule has 7 heteroatoms. The Morgan fingerprint density at radius 2 is 1.48 bits per heavy atom. The molecule has 112 valence electrons. The van der Waals surface area contributed by atoms with E-state index in [1.807, 2.05) is 26.0 Å². The van der Waals surface area contributed by atoms with Crippen molar-refractivity contribution >= 4 is 63.5 Å². The molecule has 0 aliphatic rings. The monoisotopic (exact) mass is 495 g/mol. The smallest absolute Gasteiger partial charge is 0.263 e. The van der Waals surface area contributed by atoms with Gasteiger partial charge in [0.25, 0.3) is 10.0 Å². The SMILES string of the molecule is Cc1cc(Br)cc(C)c1NS(=O)(=O)c1ccc(Br)cc1Br. The van der Waals surface area contributed by atoms with Gasteiger partial charge in [-0.05, 0) is 71.2 Å². The van der Waals surface area contributed by atoms with Crippen molar-refractivity contribution in [1.29, 1.82) is 0 Å². The summed E-state index contributed by atoms with van der Waals surface area (Å²) in [5.74, 6) is 0. The van der Waals surface area contributed by atoms with Crippen LogP contribution in [0.4, 0.5) is 5.69 Å². The van der Waals surface area contributed by atoms with Crippen LogP contribution in [0, 0.1) is 13.8 Å². The summed E-state index contributed by atoms with van der Waals surface area (Å²) in [6.07, 6.45) is 0. The van der Waals surface area contributed by atoms with Crippen LogP contribution >= 0.6 is 47.8 Å². The van der Waals surface area contributed by atoms with Gasteiger partial charge in [0.15, 0.2) is 0 Å². The van der Waals surface area contributed by atoms with Crippen LogP contribution in [0.2, 0.25) is 0 Å². The number of halogens is 3. The van der Waals surface area contributed by atoms with Gasteiger partial charge in [-0.1, -0.05) is 31.9 Å². The van der Waals surface area contributed by atoms with Crippen LogP contribution in [0.3, 0.4) is 0 Å². The van der Waals surface area contributed by atoms with Gasteiger partial charge in [0.05, 0.1) is 5.69 Å². The van der Waals surface area contributed by atoms with Crippen LogP contribution in [0.5, 0.6) is 0 Å². The first kappa shape index (κ1) is 17.0. The number of sulfonamides is 1. The van der Waals surface area contributed by atoms with E-state index in [0.29, 0.717) is 10.2 Å². The summed E-state index contributed by atoms with van der Waals surface area (Å²) in [6.45, 7) is 3.73. The zero-order chi connectivity index (χ0) is 15.8. The average Bonchev–Trinajstić information content (AvgIpc) is 2.33. The summed E-state index contributed by atoms with van der Waals surface area (Å²) < 4.78 is 30.0. The van der Waals surface area contributed by atoms with E-state index in [1.165, 1.54) is 0 Å². The molecule has 2 aromatic carbocycles. The molecular formula is C14H12Br3NO2S. The van der Waals surface area contributed by atoms with Crippen molar-refractivity contribution in [3.05, 3.63) is 54.9 Å². The summed E-state index contributed by atoms with van der Waals surface area (Å²) in [4.78, 5) is 0.201. The van der Waals surface area contributed by atoms with Gasteiger partial charge in [-0.25, -0.2) is 8.42 Å². The molecule has 0 radical (unpaired) electrons. The quantitative estimate of drug-likeness (QED) is 0.618. The number of nitrogens with one attached hydrogen (secondary N) is 1. The Labute approximate surface area is 149 Å². The lowest BCUT2D eigenvalue weighted by Crippen LogP contribution is -2.15. The zero-order valence-electron chi connectivity index (χ0n) is 11.2. The first-order valence-electron chi connectivity index (χ1n) is 5.95. The Hall–Kier alpha value is -0.370. The average molecular weight is 498 g/mol. The first-order chi connectivity index (χ1) is 9.70. The van der Waals surface area contributed by atoms with Crippen molar-refractivity contribution in [3.63, 3.8) is 0 Å². The normalized spacial score (nSPS) is 11.5. The molecule has 0 amide bonds. The molecule has 0 atom stereocenters. The van der Waals surface area contributed by atoms with Crippen molar-refractivity contribution in [2.24, 2.45) is 0 Å². The van der Waals surface area contributed by atoms with Crippen molar-refractivity contribution in [2.45, 2.75) is 18.7 Å². The van der Waals surface area contributed by atoms with Gasteiger partial charge in [-0.3, -0.25) is 4.72 Å². The van der Waals surface area contributed by atoms with Crippen molar-refractivity contribution in [2.75, 3.05) is 4.72 Å². The maximum atomic E-state index is 12.6. The van der Waals surface area contributed by atoms with Gasteiger partial charge >= 0.3 is 0 Å². The van der Waals surface area contributed by atoms with E-state index in [-0.39, 0.29) is 4.90 Å². The predicted molar refractivity (Wildman–Crippen MR) is 96.3 cm³/mol. The molecule has 3 nitrogen and oxygen atoms in total. The maximum Gasteiger partial charge on any atom is 0.263 e. The highest BCUT2D eigenvalue weighted by Crippen LogP contribution is 2.30. The fourth-order valence-corrected chi connectivity index (χ4v) is 5.59. The van der Waals surface area contributed by atoms with Crippen LogP contribution in [0.25, 0.3) is 0 Å². The van der Waals surface area contributed by atoms with E-state index in [1.54, 1.807) is 18.2 Å². The van der Waals surface area contributed by atoms with Crippen molar-refractivity contribution < 1.29 is 8.42 Å². The fourth-order valence-electron chi connectivity index (χ4n) is 1.95. The van der Waals surface area contributed by atoms with E-state index in [9.17, 15) is 8.42 Å². The third-order valence-electron chi connectivity index (χ3n) is 2.92. The number of hydrogen-bond donors (Lipinski definition) is 1. The summed E-state index contributed by atoms with van der Waals surface area (Å²) >= 11 is 10.0. The standard InChI is InChI=1S/C14H12Br3NO2S/c1-8-5-11(16)6-9(2)14(8)18-21(19,20)13-4-3-10(15)7-12(13)17/h3-7,18H,1-2H3. The highest BCUT2D eigenvalue weighted by molar-refractivity contribution is 9.11. The molecule has 2 aromatic rings. The molecule has 0 aliphatic carbocycles. The Balaban J connectivity index is 2.47. The van der Waals surface area contributed by atoms with Gasteiger partial charge in [-0.2, -0.15) is 0 Å². The molecule has 0 saturated heterocycles. The van der Waals surface area contributed by atoms with Gasteiger partial charge < -0.3 is 0 Å². The summed E-state index contributed by atoms with van der Waals surface area (Å²) in [6, 6.07) is 8.71. The molecule has 0 bridgehead atoms. The molecule has 0 fully saturated rings. The minimum atomic E-state index is -3.65. The largest absolute Gasteiger partial charge is 0.279 e. The molecule has 0 aromatic heterocycles. The lowest BCUT2D eigenvalue weighted by molar-refractivity contribution is 0.600. The Bertz CT molecular complexity index is 781. The molecule has 0 heterocycles. The van der Waals surface area contributed by atoms with Crippen molar-refractivity contribution in [3.8, 4) is 0 Å². The lowest BCUT2D eigenvalue weighted by atomic mass is 10.1. The van der Waals surface area contributed by atoms with Gasteiger partial charge in [0.1, 0.15) is 4.90 Å². The third-order valence-corrected chi connectivity index (χ3v) is 6.19. The van der Waals surface area contributed by atoms with Crippen LogP contribution < -0.4 is 4.72 Å². The summed E-state index contributed by atoms with van der Waals surface area (Å²) in [5.41, 5.74) is 2.32. The minimum Gasteiger partial charge on any atom is -0.279 e. The lowest BCUT2D eigenvalue weighted by Gasteiger charge is -2.15. The fraction of sp³-hybridized carbons (Fsp3) is 0.143. The minimum absolute atomic E-state index is 0.201. The van der Waals surface area contributed by atoms with E-state index < -0.39 is 10.0 Å². The van der Waals surface area contributed by atoms with Crippen LogP contribution in [-0.2, 0) is 10.0 Å². The van der Waals surface area contributed by atoms with E-state index >= 15 is 0 Å². The van der Waals surface area contributed by atoms with Gasteiger partial charge in [0.2, 0.25) is 0 Å². The van der Waals surface area contributed by atoms with Crippen LogP contribution in [0.15, 0.2) is 48.6 Å². The van der Waals surface area contributed by atoms with E-state index in [4.69, 9.17) is 0 Å². The Morgan fingerprint density at radius 3 is 2.00 bits per heavy atom. The Morgan fingerprint density at radius 1 is 0.905 bits per heavy atom. The molecule has 1 N–H and O–H groups in total. The number of aryl methyl sites for hydroxylation is 2. The molecular weight excluding hydrogens is 486 g/mol. The number of benzene rings is 2. The number of rotatable bonds is 3. The summed E-state index contributed by atoms with van der Waals surface area (Å²) in [5, 5.41) is 0. The third kappa shape index (κ3) is 3.88. The van der Waals surface area contributed by atoms with E-state index in [2.05, 4.69) is 52.5 Å². The predicted octanol–water partition coefficient (Wildman–Crippen LogP) is 5.39. The molecule has 0 spiro atoms. The van der Waals surface area contributed by atoms with Crippen LogP contribution in [0.1, 0.15) is 11.1 Å². The molecule has 0 saturated carbocycles. The van der Waals surface area contributed by atoms with E-state index in [0.717, 1.165) is 20.1 Å². The number of hydrogen-bond acceptors (Lipinski definition) is 2. The second kappa shape index (κ2) is 6.40. The van der Waals surface area contributed by atoms with Gasteiger partial charge in [0, 0.05) is 13.4 Å². The summed E-state index contributed by atoms with van der Waals surface area (Å²) in [7, 11) is -3.65. The topological polar surface area (TPSA) is 46.2 Å². The number of anilines is 1. The van der Waals surface area contributed by atoms with Gasteiger partial charge in [-0.15, -0.1) is 0 Å². The first-order valence-corrected chi connectivity index (χ1v) is 9.81. The molecule has 2 rings (SSSR count). The van der Waals surface area contributed by atoms with Crippen molar-refractivity contribution in [1.82, 2.24) is 0 Å². The van der Waals surface area contributed by atoms with Crippen LogP contribution in [-0.4, -0.2) is 8.42 Å².